The lowest BCUT2D eigenvalue weighted by Crippen LogP contribution is -2.51. The van der Waals surface area contributed by atoms with Gasteiger partial charge in [0.25, 0.3) is 15.9 Å². The van der Waals surface area contributed by atoms with Gasteiger partial charge in [0.15, 0.2) is 5.60 Å². The van der Waals surface area contributed by atoms with Crippen molar-refractivity contribution in [3.63, 3.8) is 0 Å². The van der Waals surface area contributed by atoms with Gasteiger partial charge in [0.05, 0.1) is 15.7 Å². The molecule has 0 aliphatic heterocycles. The second-order valence-electron chi connectivity index (χ2n) is 7.86. The van der Waals surface area contributed by atoms with Crippen LogP contribution in [0.2, 0.25) is 0 Å². The Bertz CT molecular complexity index is 1280. The number of benzene rings is 1. The number of sulfonamides is 1. The minimum atomic E-state index is -5.09. The van der Waals surface area contributed by atoms with Crippen LogP contribution >= 0.6 is 0 Å². The molecule has 1 heterocycles. The fourth-order valence-electron chi connectivity index (χ4n) is 3.89. The highest BCUT2D eigenvalue weighted by atomic mass is 32.2. The van der Waals surface area contributed by atoms with Crippen LogP contribution in [0, 0.1) is 11.6 Å². The van der Waals surface area contributed by atoms with E-state index in [0.29, 0.717) is 12.1 Å². The first kappa shape index (κ1) is 19.2. The van der Waals surface area contributed by atoms with E-state index < -0.39 is 94.1 Å². The Labute approximate surface area is 182 Å². The van der Waals surface area contributed by atoms with E-state index in [1.165, 1.54) is 0 Å². The standard InChI is InChI=1S/C19H17F7N2O3S/c1-31-17(19(24,25)26)3-2-9-15(7-17)27-8-16(9)32(29,30)28-14-5-12(20)10(4-13(14)21)11-6-18(11,22)23/h4-5,8,11,27-28H,2-3,6-7H2,1H3/t11-,17-/m1/s1/i1D3. The predicted molar refractivity (Wildman–Crippen MR) is 98.1 cm³/mol. The van der Waals surface area contributed by atoms with Gasteiger partial charge in [-0.15, -0.1) is 0 Å². The second-order valence-corrected chi connectivity index (χ2v) is 9.51. The van der Waals surface area contributed by atoms with E-state index in [-0.39, 0.29) is 11.3 Å². The molecule has 2 aliphatic carbocycles. The van der Waals surface area contributed by atoms with Crippen molar-refractivity contribution in [2.75, 3.05) is 11.8 Å². The van der Waals surface area contributed by atoms with Gasteiger partial charge in [-0.05, 0) is 24.5 Å². The summed E-state index contributed by atoms with van der Waals surface area (Å²) in [6, 6.07) is 0.879. The summed E-state index contributed by atoms with van der Waals surface area (Å²) in [7, 11) is -8.05. The normalized spacial score (nSPS) is 26.6. The van der Waals surface area contributed by atoms with Gasteiger partial charge in [-0.2, -0.15) is 13.2 Å². The monoisotopic (exact) mass is 489 g/mol. The molecule has 5 nitrogen and oxygen atoms in total. The first-order valence-electron chi connectivity index (χ1n) is 10.7. The second kappa shape index (κ2) is 7.11. The molecule has 176 valence electrons. The first-order valence-corrected chi connectivity index (χ1v) is 10.7. The molecule has 0 spiro atoms. The summed E-state index contributed by atoms with van der Waals surface area (Å²) in [5, 5.41) is 0. The van der Waals surface area contributed by atoms with Gasteiger partial charge in [-0.1, -0.05) is 0 Å². The first-order chi connectivity index (χ1) is 15.9. The van der Waals surface area contributed by atoms with Crippen molar-refractivity contribution < 1.29 is 48.0 Å². The number of hydrogen-bond acceptors (Lipinski definition) is 3. The summed E-state index contributed by atoms with van der Waals surface area (Å²) in [4.78, 5) is 1.80. The summed E-state index contributed by atoms with van der Waals surface area (Å²) in [5.41, 5.74) is -4.94. The number of anilines is 1. The summed E-state index contributed by atoms with van der Waals surface area (Å²) in [6.07, 6.45) is -7.42. The van der Waals surface area contributed by atoms with Gasteiger partial charge in [-0.3, -0.25) is 4.72 Å². The molecule has 2 N–H and O–H groups in total. The Kier molecular flexibility index (Phi) is 4.27. The highest BCUT2D eigenvalue weighted by molar-refractivity contribution is 7.92. The molecule has 1 aromatic carbocycles. The number of methoxy groups -OCH3 is 1. The molecule has 2 aliphatic rings. The van der Waals surface area contributed by atoms with Gasteiger partial charge in [0.2, 0.25) is 0 Å². The van der Waals surface area contributed by atoms with E-state index in [0.717, 1.165) is 6.20 Å². The Morgan fingerprint density at radius 1 is 1.25 bits per heavy atom. The number of ether oxygens (including phenoxy) is 1. The van der Waals surface area contributed by atoms with Gasteiger partial charge < -0.3 is 9.72 Å². The molecule has 2 aromatic rings. The zero-order valence-electron chi connectivity index (χ0n) is 18.9. The van der Waals surface area contributed by atoms with Crippen molar-refractivity contribution in [1.82, 2.24) is 4.98 Å². The van der Waals surface area contributed by atoms with Crippen LogP contribution in [0.1, 0.15) is 39.7 Å². The molecule has 13 heteroatoms. The molecule has 0 unspecified atom stereocenters. The SMILES string of the molecule is [2H]C([2H])([2H])O[C@]1(C(F)(F)F)CCc2c(S(=O)(=O)Nc3cc(F)c([C@H]4CC4(F)F)cc3F)c[nH]c2C1. The summed E-state index contributed by atoms with van der Waals surface area (Å²) in [6.45, 7) is 0. The zero-order valence-corrected chi connectivity index (χ0v) is 16.7. The van der Waals surface area contributed by atoms with E-state index in [1.807, 2.05) is 0 Å². The van der Waals surface area contributed by atoms with E-state index >= 15 is 0 Å². The average Bonchev–Trinajstić information content (AvgIpc) is 3.11. The van der Waals surface area contributed by atoms with Gasteiger partial charge in [0, 0.05) is 43.4 Å². The van der Waals surface area contributed by atoms with Crippen LogP contribution in [-0.4, -0.2) is 38.1 Å². The van der Waals surface area contributed by atoms with Crippen LogP contribution in [0.3, 0.4) is 0 Å². The minimum Gasteiger partial charge on any atom is -0.368 e. The quantitative estimate of drug-likeness (QED) is 0.601. The lowest BCUT2D eigenvalue weighted by atomic mass is 9.83. The third kappa shape index (κ3) is 3.64. The van der Waals surface area contributed by atoms with Crippen LogP contribution in [0.4, 0.5) is 36.4 Å². The number of nitrogens with one attached hydrogen (secondary N) is 2. The van der Waals surface area contributed by atoms with Crippen molar-refractivity contribution >= 4 is 15.7 Å². The molecule has 2 atom stereocenters. The number of alkyl halides is 5. The molecule has 0 saturated heterocycles. The summed E-state index contributed by atoms with van der Waals surface area (Å²) < 4.78 is 149. The third-order valence-electron chi connectivity index (χ3n) is 5.81. The Morgan fingerprint density at radius 3 is 2.53 bits per heavy atom. The molecule has 0 amide bonds. The molecule has 0 bridgehead atoms. The highest BCUT2D eigenvalue weighted by Gasteiger charge is 2.59. The van der Waals surface area contributed by atoms with E-state index in [1.54, 1.807) is 4.72 Å². The largest absolute Gasteiger partial charge is 0.417 e. The Balaban J connectivity index is 1.62. The van der Waals surface area contributed by atoms with Crippen LogP contribution in [-0.2, 0) is 27.6 Å². The average molecular weight is 489 g/mol. The smallest absolute Gasteiger partial charge is 0.368 e. The molecule has 1 aromatic heterocycles. The molecule has 4 rings (SSSR count). The van der Waals surface area contributed by atoms with Crippen molar-refractivity contribution in [1.29, 1.82) is 0 Å². The number of hydrogen-bond donors (Lipinski definition) is 2. The molecular weight excluding hydrogens is 469 g/mol. The fraction of sp³-hybridized carbons (Fsp3) is 0.474. The Hall–Kier alpha value is -2.28. The number of H-pyrrole nitrogens is 1. The zero-order chi connectivity index (χ0) is 26.2. The van der Waals surface area contributed by atoms with E-state index in [4.69, 9.17) is 4.11 Å². The van der Waals surface area contributed by atoms with Gasteiger partial charge in [0.1, 0.15) is 16.5 Å². The number of aromatic nitrogens is 1. The summed E-state index contributed by atoms with van der Waals surface area (Å²) in [5.74, 6) is -7.28. The van der Waals surface area contributed by atoms with Crippen LogP contribution in [0.15, 0.2) is 23.2 Å². The van der Waals surface area contributed by atoms with Crippen molar-refractivity contribution in [3.05, 3.63) is 46.8 Å². The fourth-order valence-corrected chi connectivity index (χ4v) is 5.21. The molecule has 32 heavy (non-hydrogen) atoms. The molecule has 1 fully saturated rings. The van der Waals surface area contributed by atoms with Crippen LogP contribution in [0.25, 0.3) is 0 Å². The van der Waals surface area contributed by atoms with E-state index in [2.05, 4.69) is 9.72 Å². The maximum Gasteiger partial charge on any atom is 0.417 e. The van der Waals surface area contributed by atoms with Crippen molar-refractivity contribution in [2.24, 2.45) is 0 Å². The Morgan fingerprint density at radius 2 is 1.94 bits per heavy atom. The predicted octanol–water partition coefficient (Wildman–Crippen LogP) is 4.65. The van der Waals surface area contributed by atoms with Crippen molar-refractivity contribution in [2.45, 2.75) is 54.2 Å². The lowest BCUT2D eigenvalue weighted by Gasteiger charge is -2.37. The number of aromatic amines is 1. The van der Waals surface area contributed by atoms with Gasteiger partial charge >= 0.3 is 6.18 Å². The molecule has 1 saturated carbocycles. The number of rotatable bonds is 5. The van der Waals surface area contributed by atoms with E-state index in [9.17, 15) is 39.2 Å². The number of halogens is 7. The summed E-state index contributed by atoms with van der Waals surface area (Å²) >= 11 is 0. The van der Waals surface area contributed by atoms with Gasteiger partial charge in [-0.25, -0.2) is 26.0 Å². The number of fused-ring (bicyclic) bond motifs is 1. The lowest BCUT2D eigenvalue weighted by molar-refractivity contribution is -0.273. The molecule has 0 radical (unpaired) electrons. The topological polar surface area (TPSA) is 71.2 Å². The molecular formula is C19H17F7N2O3S. The highest BCUT2D eigenvalue weighted by Crippen LogP contribution is 2.56. The maximum atomic E-state index is 14.4. The third-order valence-corrected chi connectivity index (χ3v) is 7.25. The minimum absolute atomic E-state index is 0.110. The maximum absolute atomic E-state index is 14.4. The van der Waals surface area contributed by atoms with Crippen LogP contribution < -0.4 is 4.72 Å². The van der Waals surface area contributed by atoms with Crippen LogP contribution in [0.5, 0.6) is 0 Å². The van der Waals surface area contributed by atoms with Crippen molar-refractivity contribution in [3.8, 4) is 0 Å².